The summed E-state index contributed by atoms with van der Waals surface area (Å²) in [7, 11) is 1.56. The van der Waals surface area contributed by atoms with Gasteiger partial charge in [-0.1, -0.05) is 6.07 Å². The van der Waals surface area contributed by atoms with E-state index in [-0.39, 0.29) is 12.5 Å². The zero-order valence-electron chi connectivity index (χ0n) is 10.8. The second-order valence-electron chi connectivity index (χ2n) is 4.30. The van der Waals surface area contributed by atoms with Gasteiger partial charge in [-0.05, 0) is 38.0 Å². The Kier molecular flexibility index (Phi) is 4.97. The van der Waals surface area contributed by atoms with Crippen molar-refractivity contribution in [2.24, 2.45) is 5.73 Å². The van der Waals surface area contributed by atoms with Crippen LogP contribution in [0.3, 0.4) is 0 Å². The Bertz CT molecular complexity index is 417. The number of rotatable bonds is 6. The van der Waals surface area contributed by atoms with Crippen molar-refractivity contribution in [2.75, 3.05) is 7.11 Å². The molecule has 0 aliphatic rings. The molecule has 1 aromatic rings. The largest absolute Gasteiger partial charge is 0.493 e. The van der Waals surface area contributed by atoms with Gasteiger partial charge in [0.05, 0.1) is 13.2 Å². The van der Waals surface area contributed by atoms with Crippen LogP contribution >= 0.6 is 0 Å². The highest BCUT2D eigenvalue weighted by Gasteiger charge is 2.14. The quantitative estimate of drug-likeness (QED) is 0.801. The number of hydrogen-bond acceptors (Lipinski definition) is 4. The fourth-order valence-electron chi connectivity index (χ4n) is 1.54. The van der Waals surface area contributed by atoms with Crippen molar-refractivity contribution in [2.45, 2.75) is 32.4 Å². The molecule has 5 heteroatoms. The summed E-state index contributed by atoms with van der Waals surface area (Å²) in [5.74, 6) is 0.205. The van der Waals surface area contributed by atoms with Crippen LogP contribution in [0.5, 0.6) is 11.5 Å². The van der Waals surface area contributed by atoms with Crippen molar-refractivity contribution in [3.63, 3.8) is 0 Å². The molecule has 0 amide bonds. The van der Waals surface area contributed by atoms with E-state index in [1.165, 1.54) is 0 Å². The predicted molar refractivity (Wildman–Crippen MR) is 68.1 cm³/mol. The maximum absolute atomic E-state index is 10.7. The van der Waals surface area contributed by atoms with Gasteiger partial charge in [0.2, 0.25) is 0 Å². The molecule has 5 nitrogen and oxygen atoms in total. The van der Waals surface area contributed by atoms with Gasteiger partial charge < -0.3 is 20.3 Å². The molecule has 0 aliphatic carbocycles. The second-order valence-corrected chi connectivity index (χ2v) is 4.30. The van der Waals surface area contributed by atoms with Gasteiger partial charge in [-0.25, -0.2) is 0 Å². The molecule has 3 N–H and O–H groups in total. The van der Waals surface area contributed by atoms with Gasteiger partial charge in [-0.15, -0.1) is 0 Å². The first-order valence-corrected chi connectivity index (χ1v) is 5.76. The maximum Gasteiger partial charge on any atom is 0.320 e. The zero-order chi connectivity index (χ0) is 13.7. The van der Waals surface area contributed by atoms with Crippen molar-refractivity contribution < 1.29 is 19.4 Å². The predicted octanol–water partition coefficient (Wildman–Crippen LogP) is 1.44. The molecule has 0 fully saturated rings. The fraction of sp³-hybridized carbons (Fsp3) is 0.462. The van der Waals surface area contributed by atoms with Gasteiger partial charge >= 0.3 is 5.97 Å². The van der Waals surface area contributed by atoms with Crippen molar-refractivity contribution in [1.82, 2.24) is 0 Å². The lowest BCUT2D eigenvalue weighted by Crippen LogP contribution is -2.32. The molecule has 0 aromatic heterocycles. The molecular weight excluding hydrogens is 234 g/mol. The first-order valence-electron chi connectivity index (χ1n) is 5.76. The number of carboxylic acid groups (broad SMARTS) is 1. The first-order chi connectivity index (χ1) is 8.43. The minimum atomic E-state index is -1.02. The average Bonchev–Trinajstić information content (AvgIpc) is 2.28. The summed E-state index contributed by atoms with van der Waals surface area (Å²) < 4.78 is 10.8. The number of benzene rings is 1. The molecule has 0 saturated heterocycles. The Morgan fingerprint density at radius 3 is 2.56 bits per heavy atom. The monoisotopic (exact) mass is 253 g/mol. The number of aliphatic carboxylic acids is 1. The van der Waals surface area contributed by atoms with Gasteiger partial charge in [0.15, 0.2) is 11.5 Å². The Morgan fingerprint density at radius 1 is 1.39 bits per heavy atom. The lowest BCUT2D eigenvalue weighted by Gasteiger charge is -2.15. The Hall–Kier alpha value is -1.75. The highest BCUT2D eigenvalue weighted by atomic mass is 16.5. The van der Waals surface area contributed by atoms with Crippen LogP contribution in [0.15, 0.2) is 18.2 Å². The van der Waals surface area contributed by atoms with E-state index in [0.717, 1.165) is 5.56 Å². The van der Waals surface area contributed by atoms with Gasteiger partial charge in [0.1, 0.15) is 6.04 Å². The van der Waals surface area contributed by atoms with Crippen LogP contribution in [-0.2, 0) is 11.2 Å². The lowest BCUT2D eigenvalue weighted by molar-refractivity contribution is -0.138. The number of carboxylic acids is 1. The van der Waals surface area contributed by atoms with Crippen LogP contribution in [0.25, 0.3) is 0 Å². The van der Waals surface area contributed by atoms with Gasteiger partial charge in [0.25, 0.3) is 0 Å². The smallest absolute Gasteiger partial charge is 0.320 e. The molecule has 100 valence electrons. The summed E-state index contributed by atoms with van der Waals surface area (Å²) in [5.41, 5.74) is 6.31. The highest BCUT2D eigenvalue weighted by Crippen LogP contribution is 2.29. The lowest BCUT2D eigenvalue weighted by atomic mass is 10.1. The molecule has 0 saturated carbocycles. The van der Waals surface area contributed by atoms with Crippen LogP contribution in [0, 0.1) is 0 Å². The summed E-state index contributed by atoms with van der Waals surface area (Å²) in [4.78, 5) is 10.7. The minimum absolute atomic E-state index is 0.0160. The third kappa shape index (κ3) is 3.92. The normalized spacial score (nSPS) is 12.3. The molecule has 1 unspecified atom stereocenters. The van der Waals surface area contributed by atoms with Crippen molar-refractivity contribution in [3.05, 3.63) is 23.8 Å². The van der Waals surface area contributed by atoms with Gasteiger partial charge in [-0.2, -0.15) is 0 Å². The van der Waals surface area contributed by atoms with Crippen LogP contribution in [0.4, 0.5) is 0 Å². The molecule has 1 aromatic carbocycles. The summed E-state index contributed by atoms with van der Waals surface area (Å²) in [6.07, 6.45) is 0.274. The summed E-state index contributed by atoms with van der Waals surface area (Å²) in [6.45, 7) is 3.82. The van der Waals surface area contributed by atoms with E-state index in [1.54, 1.807) is 25.3 Å². The number of nitrogens with two attached hydrogens (primary N) is 1. The molecule has 0 spiro atoms. The fourth-order valence-corrected chi connectivity index (χ4v) is 1.54. The van der Waals surface area contributed by atoms with Crippen LogP contribution in [-0.4, -0.2) is 30.3 Å². The Balaban J connectivity index is 2.91. The maximum atomic E-state index is 10.7. The average molecular weight is 253 g/mol. The SMILES string of the molecule is COc1ccc(CC(N)C(=O)O)cc1OC(C)C. The molecule has 0 radical (unpaired) electrons. The third-order valence-electron chi connectivity index (χ3n) is 2.36. The standard InChI is InChI=1S/C13H19NO4/c1-8(2)18-12-7-9(4-5-11(12)17-3)6-10(14)13(15)16/h4-5,7-8,10H,6,14H2,1-3H3,(H,15,16). The number of carbonyl (C=O) groups is 1. The highest BCUT2D eigenvalue weighted by molar-refractivity contribution is 5.73. The van der Waals surface area contributed by atoms with Crippen LogP contribution in [0.1, 0.15) is 19.4 Å². The molecule has 18 heavy (non-hydrogen) atoms. The number of methoxy groups -OCH3 is 1. The van der Waals surface area contributed by atoms with E-state index in [2.05, 4.69) is 0 Å². The topological polar surface area (TPSA) is 81.8 Å². The molecule has 0 heterocycles. The Morgan fingerprint density at radius 2 is 2.06 bits per heavy atom. The molecule has 1 atom stereocenters. The van der Waals surface area contributed by atoms with Crippen molar-refractivity contribution >= 4 is 5.97 Å². The van der Waals surface area contributed by atoms with E-state index in [9.17, 15) is 4.79 Å². The van der Waals surface area contributed by atoms with Crippen LogP contribution in [0.2, 0.25) is 0 Å². The van der Waals surface area contributed by atoms with E-state index < -0.39 is 12.0 Å². The van der Waals surface area contributed by atoms with E-state index in [0.29, 0.717) is 11.5 Å². The van der Waals surface area contributed by atoms with Crippen molar-refractivity contribution in [3.8, 4) is 11.5 Å². The molecular formula is C13H19NO4. The number of ether oxygens (including phenoxy) is 2. The minimum Gasteiger partial charge on any atom is -0.493 e. The van der Waals surface area contributed by atoms with Gasteiger partial charge in [0, 0.05) is 0 Å². The second kappa shape index (κ2) is 6.26. The molecule has 0 aliphatic heterocycles. The van der Waals surface area contributed by atoms with Crippen LogP contribution < -0.4 is 15.2 Å². The third-order valence-corrected chi connectivity index (χ3v) is 2.36. The summed E-state index contributed by atoms with van der Waals surface area (Å²) in [6, 6.07) is 4.39. The number of hydrogen-bond donors (Lipinski definition) is 2. The van der Waals surface area contributed by atoms with E-state index in [1.807, 2.05) is 13.8 Å². The molecule has 0 bridgehead atoms. The van der Waals surface area contributed by atoms with E-state index >= 15 is 0 Å². The Labute approximate surface area is 107 Å². The van der Waals surface area contributed by atoms with E-state index in [4.69, 9.17) is 20.3 Å². The zero-order valence-corrected chi connectivity index (χ0v) is 10.8. The van der Waals surface area contributed by atoms with Crippen molar-refractivity contribution in [1.29, 1.82) is 0 Å². The molecule has 1 rings (SSSR count). The first kappa shape index (κ1) is 14.3. The summed E-state index contributed by atoms with van der Waals surface area (Å²) in [5, 5.41) is 8.78. The summed E-state index contributed by atoms with van der Waals surface area (Å²) >= 11 is 0. The van der Waals surface area contributed by atoms with Gasteiger partial charge in [-0.3, -0.25) is 4.79 Å².